The van der Waals surface area contributed by atoms with Crippen LogP contribution in [0.1, 0.15) is 55.3 Å². The first-order chi connectivity index (χ1) is 21.4. The van der Waals surface area contributed by atoms with Crippen molar-refractivity contribution in [3.05, 3.63) is 124 Å². The van der Waals surface area contributed by atoms with Crippen LogP contribution in [0.2, 0.25) is 0 Å². The maximum absolute atomic E-state index is 14.0. The van der Waals surface area contributed by atoms with Crippen LogP contribution in [-0.2, 0) is 22.4 Å². The van der Waals surface area contributed by atoms with Crippen LogP contribution in [-0.4, -0.2) is 24.9 Å². The number of fused-ring (bicyclic) bond motifs is 2. The number of thioether (sulfide) groups is 1. The molecule has 1 heterocycles. The van der Waals surface area contributed by atoms with Crippen molar-refractivity contribution in [1.82, 2.24) is 0 Å². The van der Waals surface area contributed by atoms with E-state index in [-0.39, 0.29) is 11.8 Å². The quantitative estimate of drug-likeness (QED) is 0.134. The van der Waals surface area contributed by atoms with Crippen molar-refractivity contribution in [1.29, 1.82) is 0 Å². The van der Waals surface area contributed by atoms with Crippen molar-refractivity contribution in [3.8, 4) is 0 Å². The molecule has 222 valence electrons. The lowest BCUT2D eigenvalue weighted by molar-refractivity contribution is -0.115. The second kappa shape index (κ2) is 13.1. The van der Waals surface area contributed by atoms with E-state index in [9.17, 15) is 14.4 Å². The molecule has 1 aromatic heterocycles. The molecular weight excluding hydrogens is 589 g/mol. The molecule has 0 bridgehead atoms. The number of carbonyl (C=O) groups is 3. The average molecular weight is 621 g/mol. The Labute approximate surface area is 264 Å². The van der Waals surface area contributed by atoms with Crippen LogP contribution >= 0.6 is 23.1 Å². The third kappa shape index (κ3) is 6.42. The minimum absolute atomic E-state index is 0.207. The zero-order valence-electron chi connectivity index (χ0n) is 24.5. The smallest absolute Gasteiger partial charge is 0.341 e. The molecule has 0 fully saturated rings. The van der Waals surface area contributed by atoms with Gasteiger partial charge in [0.15, 0.2) is 0 Å². The summed E-state index contributed by atoms with van der Waals surface area (Å²) in [5, 5.41) is 8.09. The summed E-state index contributed by atoms with van der Waals surface area (Å²) in [6.45, 7) is 2.21. The van der Waals surface area contributed by atoms with E-state index in [0.717, 1.165) is 50.9 Å². The van der Waals surface area contributed by atoms with Gasteiger partial charge in [0.1, 0.15) is 10.3 Å². The number of benzene rings is 4. The molecule has 6 rings (SSSR count). The number of methoxy groups -OCH3 is 1. The third-order valence-corrected chi connectivity index (χ3v) is 10.3. The fourth-order valence-corrected chi connectivity index (χ4v) is 8.04. The van der Waals surface area contributed by atoms with Crippen molar-refractivity contribution in [3.63, 3.8) is 0 Å². The Hall–Kier alpha value is -4.40. The summed E-state index contributed by atoms with van der Waals surface area (Å²) in [5.74, 6) is -0.340. The zero-order chi connectivity index (χ0) is 30.6. The highest BCUT2D eigenvalue weighted by Crippen LogP contribution is 2.42. The second-order valence-corrected chi connectivity index (χ2v) is 13.3. The van der Waals surface area contributed by atoms with Crippen molar-refractivity contribution in [2.75, 3.05) is 17.7 Å². The maximum Gasteiger partial charge on any atom is 0.341 e. The van der Waals surface area contributed by atoms with Gasteiger partial charge in [0.25, 0.3) is 5.91 Å². The normalized spacial score (nSPS) is 14.8. The standard InChI is InChI=1S/C36H32N2O4S2/c1-22-15-18-29-30(19-22)44-35(31(29)36(41)42-2)38-34(40)32(24-10-4-3-5-11-24)43-28-14-8-13-27(21-28)37-33(39)26-17-16-23-9-6-7-12-25(23)20-26/h3-14,16-17,20-22,32H,15,18-19H2,1-2H3,(H,37,39)(H,38,40). The summed E-state index contributed by atoms with van der Waals surface area (Å²) >= 11 is 2.86. The summed E-state index contributed by atoms with van der Waals surface area (Å²) in [4.78, 5) is 41.9. The largest absolute Gasteiger partial charge is 0.465 e. The fraction of sp³-hybridized carbons (Fsp3) is 0.194. The van der Waals surface area contributed by atoms with Gasteiger partial charge in [-0.05, 0) is 77.4 Å². The van der Waals surface area contributed by atoms with Gasteiger partial charge in [0, 0.05) is 21.0 Å². The number of hydrogen-bond acceptors (Lipinski definition) is 6. The van der Waals surface area contributed by atoms with Crippen molar-refractivity contribution in [2.45, 2.75) is 36.3 Å². The minimum Gasteiger partial charge on any atom is -0.465 e. The van der Waals surface area contributed by atoms with Crippen LogP contribution < -0.4 is 10.6 Å². The van der Waals surface area contributed by atoms with E-state index in [2.05, 4.69) is 17.6 Å². The van der Waals surface area contributed by atoms with Crippen molar-refractivity contribution in [2.24, 2.45) is 5.92 Å². The van der Waals surface area contributed by atoms with Crippen LogP contribution in [0.25, 0.3) is 10.8 Å². The number of ether oxygens (including phenoxy) is 1. The Morgan fingerprint density at radius 3 is 2.45 bits per heavy atom. The molecule has 0 saturated heterocycles. The molecule has 2 atom stereocenters. The number of esters is 1. The van der Waals surface area contributed by atoms with Crippen molar-refractivity contribution < 1.29 is 19.1 Å². The monoisotopic (exact) mass is 620 g/mol. The Kier molecular flexibility index (Phi) is 8.82. The lowest BCUT2D eigenvalue weighted by Crippen LogP contribution is -2.20. The Balaban J connectivity index is 1.24. The molecule has 0 radical (unpaired) electrons. The van der Waals surface area contributed by atoms with E-state index >= 15 is 0 Å². The second-order valence-electron chi connectivity index (χ2n) is 11.0. The van der Waals surface area contributed by atoms with Gasteiger partial charge in [-0.15, -0.1) is 23.1 Å². The van der Waals surface area contributed by atoms with Gasteiger partial charge in [-0.25, -0.2) is 4.79 Å². The number of hydrogen-bond donors (Lipinski definition) is 2. The molecule has 4 aromatic carbocycles. The van der Waals surface area contributed by atoms with Gasteiger partial charge in [0.05, 0.1) is 12.7 Å². The number of anilines is 2. The van der Waals surface area contributed by atoms with Gasteiger partial charge in [0.2, 0.25) is 5.91 Å². The first kappa shape index (κ1) is 29.7. The minimum atomic E-state index is -0.605. The molecule has 6 nitrogen and oxygen atoms in total. The Morgan fingerprint density at radius 1 is 0.886 bits per heavy atom. The number of rotatable bonds is 8. The van der Waals surface area contributed by atoms with Crippen LogP contribution in [0.4, 0.5) is 10.7 Å². The van der Waals surface area contributed by atoms with E-state index in [1.807, 2.05) is 97.1 Å². The Morgan fingerprint density at radius 2 is 1.66 bits per heavy atom. The molecule has 0 saturated carbocycles. The molecule has 1 aliphatic carbocycles. The number of amides is 2. The highest BCUT2D eigenvalue weighted by atomic mass is 32.2. The lowest BCUT2D eigenvalue weighted by Gasteiger charge is -2.18. The van der Waals surface area contributed by atoms with Crippen LogP contribution in [0, 0.1) is 5.92 Å². The first-order valence-electron chi connectivity index (χ1n) is 14.5. The van der Waals surface area contributed by atoms with E-state index in [1.165, 1.54) is 30.2 Å². The molecule has 8 heteroatoms. The van der Waals surface area contributed by atoms with Crippen molar-refractivity contribution >= 4 is 62.3 Å². The highest BCUT2D eigenvalue weighted by molar-refractivity contribution is 8.00. The molecule has 1 aliphatic rings. The van der Waals surface area contributed by atoms with Gasteiger partial charge in [-0.2, -0.15) is 0 Å². The zero-order valence-corrected chi connectivity index (χ0v) is 26.1. The summed E-state index contributed by atoms with van der Waals surface area (Å²) in [6.07, 6.45) is 2.67. The average Bonchev–Trinajstić information content (AvgIpc) is 3.40. The van der Waals surface area contributed by atoms with E-state index in [4.69, 9.17) is 4.74 Å². The number of nitrogens with one attached hydrogen (secondary N) is 2. The van der Waals surface area contributed by atoms with Crippen LogP contribution in [0.3, 0.4) is 0 Å². The molecule has 44 heavy (non-hydrogen) atoms. The highest BCUT2D eigenvalue weighted by Gasteiger charge is 2.31. The maximum atomic E-state index is 14.0. The molecule has 0 spiro atoms. The molecule has 2 unspecified atom stereocenters. The topological polar surface area (TPSA) is 84.5 Å². The SMILES string of the molecule is COC(=O)c1c(NC(=O)C(Sc2cccc(NC(=O)c3ccc4ccccc4c3)c2)c2ccccc2)sc2c1CCC(C)C2. The van der Waals surface area contributed by atoms with Gasteiger partial charge in [-0.3, -0.25) is 9.59 Å². The molecular formula is C36H32N2O4S2. The first-order valence-corrected chi connectivity index (χ1v) is 16.2. The van der Waals surface area contributed by atoms with E-state index < -0.39 is 11.2 Å². The molecule has 2 amide bonds. The predicted molar refractivity (Wildman–Crippen MR) is 179 cm³/mol. The summed E-state index contributed by atoms with van der Waals surface area (Å²) in [7, 11) is 1.37. The lowest BCUT2D eigenvalue weighted by atomic mass is 9.88. The van der Waals surface area contributed by atoms with Crippen LogP contribution in [0.15, 0.2) is 102 Å². The summed E-state index contributed by atoms with van der Waals surface area (Å²) in [6, 6.07) is 30.6. The molecule has 0 aliphatic heterocycles. The van der Waals surface area contributed by atoms with E-state index in [0.29, 0.717) is 27.7 Å². The summed E-state index contributed by atoms with van der Waals surface area (Å²) in [5.41, 5.74) is 3.50. The summed E-state index contributed by atoms with van der Waals surface area (Å²) < 4.78 is 5.13. The van der Waals surface area contributed by atoms with Gasteiger partial charge < -0.3 is 15.4 Å². The fourth-order valence-electron chi connectivity index (χ4n) is 5.55. The van der Waals surface area contributed by atoms with E-state index in [1.54, 1.807) is 0 Å². The van der Waals surface area contributed by atoms with Crippen LogP contribution in [0.5, 0.6) is 0 Å². The molecule has 2 N–H and O–H groups in total. The molecule has 5 aromatic rings. The van der Waals surface area contributed by atoms with Gasteiger partial charge >= 0.3 is 5.97 Å². The number of thiophene rings is 1. The Bertz CT molecular complexity index is 1850. The predicted octanol–water partition coefficient (Wildman–Crippen LogP) is 8.54. The third-order valence-electron chi connectivity index (χ3n) is 7.84. The van der Waals surface area contributed by atoms with Gasteiger partial charge in [-0.1, -0.05) is 73.7 Å². The number of carbonyl (C=O) groups excluding carboxylic acids is 3.